The Morgan fingerprint density at radius 3 is 1.93 bits per heavy atom. The van der Waals surface area contributed by atoms with Crippen molar-refractivity contribution in [3.63, 3.8) is 0 Å². The van der Waals surface area contributed by atoms with Gasteiger partial charge in [-0.15, -0.1) is 0 Å². The van der Waals surface area contributed by atoms with Gasteiger partial charge in [-0.25, -0.2) is 4.79 Å². The van der Waals surface area contributed by atoms with E-state index in [-0.39, 0.29) is 12.2 Å². The van der Waals surface area contributed by atoms with Crippen LogP contribution in [-0.2, 0) is 23.7 Å². The van der Waals surface area contributed by atoms with E-state index in [2.05, 4.69) is 0 Å². The van der Waals surface area contributed by atoms with Crippen LogP contribution >= 0.6 is 0 Å². The quantitative estimate of drug-likeness (QED) is 0.542. The standard InChI is InChI=1S/C20H40O6Si/c1-17(2,3)23-12-13(25-18(4,5)6)14-15(26-19(7,8)9)20(22,27(10)11)16(21)24-14/h13-15,22,27H,12H2,1-11H3/t13-,14+,15-,20+/m0/s1. The molecule has 1 aliphatic heterocycles. The van der Waals surface area contributed by atoms with Crippen LogP contribution < -0.4 is 0 Å². The van der Waals surface area contributed by atoms with E-state index in [9.17, 15) is 9.90 Å². The Kier molecular flexibility index (Phi) is 7.37. The van der Waals surface area contributed by atoms with Crippen molar-refractivity contribution < 1.29 is 28.8 Å². The molecule has 1 saturated heterocycles. The fourth-order valence-corrected chi connectivity index (χ4v) is 4.46. The Labute approximate surface area is 166 Å². The predicted molar refractivity (Wildman–Crippen MR) is 109 cm³/mol. The molecule has 0 unspecified atom stereocenters. The highest BCUT2D eigenvalue weighted by molar-refractivity contribution is 6.64. The van der Waals surface area contributed by atoms with Gasteiger partial charge in [0.05, 0.1) is 32.2 Å². The van der Waals surface area contributed by atoms with E-state index in [1.165, 1.54) is 0 Å². The Morgan fingerprint density at radius 2 is 1.56 bits per heavy atom. The van der Waals surface area contributed by atoms with Gasteiger partial charge in [-0.3, -0.25) is 0 Å². The Hall–Kier alpha value is -0.473. The molecule has 1 rings (SSSR count). The van der Waals surface area contributed by atoms with Crippen LogP contribution in [0.25, 0.3) is 0 Å². The zero-order chi connectivity index (χ0) is 21.4. The van der Waals surface area contributed by atoms with E-state index in [0.29, 0.717) is 0 Å². The van der Waals surface area contributed by atoms with Crippen molar-refractivity contribution in [1.29, 1.82) is 0 Å². The molecule has 1 N–H and O–H groups in total. The number of rotatable bonds is 6. The molecule has 0 spiro atoms. The van der Waals surface area contributed by atoms with E-state index in [1.54, 1.807) is 0 Å². The highest BCUT2D eigenvalue weighted by atomic mass is 28.3. The minimum absolute atomic E-state index is 0.235. The highest BCUT2D eigenvalue weighted by Crippen LogP contribution is 2.37. The molecule has 1 fully saturated rings. The molecule has 0 aromatic heterocycles. The van der Waals surface area contributed by atoms with E-state index in [4.69, 9.17) is 18.9 Å². The maximum Gasteiger partial charge on any atom is 0.337 e. The summed E-state index contributed by atoms with van der Waals surface area (Å²) in [5.74, 6) is -0.610. The van der Waals surface area contributed by atoms with Gasteiger partial charge in [-0.1, -0.05) is 13.1 Å². The van der Waals surface area contributed by atoms with Crippen LogP contribution in [0.2, 0.25) is 13.1 Å². The smallest absolute Gasteiger partial charge is 0.337 e. The number of esters is 1. The molecule has 6 nitrogen and oxygen atoms in total. The first-order valence-corrected chi connectivity index (χ1v) is 12.7. The lowest BCUT2D eigenvalue weighted by Crippen LogP contribution is -2.60. The Balaban J connectivity index is 3.28. The van der Waals surface area contributed by atoms with Gasteiger partial charge in [-0.2, -0.15) is 0 Å². The third-order valence-electron chi connectivity index (χ3n) is 4.21. The molecule has 0 aromatic rings. The highest BCUT2D eigenvalue weighted by Gasteiger charge is 2.62. The lowest BCUT2D eigenvalue weighted by atomic mass is 10.0. The van der Waals surface area contributed by atoms with Crippen LogP contribution in [0.1, 0.15) is 62.3 Å². The van der Waals surface area contributed by atoms with Gasteiger partial charge in [0, 0.05) is 0 Å². The van der Waals surface area contributed by atoms with Crippen LogP contribution in [0.5, 0.6) is 0 Å². The summed E-state index contributed by atoms with van der Waals surface area (Å²) in [5, 5.41) is 9.67. The molecule has 0 amide bonds. The second kappa shape index (κ2) is 8.11. The van der Waals surface area contributed by atoms with E-state index in [1.807, 2.05) is 75.4 Å². The number of hydrogen-bond acceptors (Lipinski definition) is 6. The molecule has 0 bridgehead atoms. The molecule has 0 aromatic carbocycles. The summed E-state index contributed by atoms with van der Waals surface area (Å²) in [6.45, 7) is 21.5. The molecular weight excluding hydrogens is 364 g/mol. The number of aliphatic hydroxyl groups is 1. The van der Waals surface area contributed by atoms with Gasteiger partial charge < -0.3 is 24.1 Å². The van der Waals surface area contributed by atoms with Crippen molar-refractivity contribution in [2.45, 2.75) is 116 Å². The van der Waals surface area contributed by atoms with E-state index < -0.39 is 49.5 Å². The third kappa shape index (κ3) is 6.82. The molecular formula is C20H40O6Si. The van der Waals surface area contributed by atoms with Gasteiger partial charge in [0.1, 0.15) is 12.2 Å². The van der Waals surface area contributed by atoms with Crippen molar-refractivity contribution in [3.05, 3.63) is 0 Å². The minimum atomic E-state index is -1.87. The Morgan fingerprint density at radius 1 is 1.04 bits per heavy atom. The Bertz CT molecular complexity index is 514. The van der Waals surface area contributed by atoms with Crippen LogP contribution in [-0.4, -0.2) is 66.8 Å². The summed E-state index contributed by atoms with van der Waals surface area (Å²) in [7, 11) is -1.87. The van der Waals surface area contributed by atoms with Crippen molar-refractivity contribution in [2.24, 2.45) is 0 Å². The second-order valence-electron chi connectivity index (χ2n) is 10.7. The van der Waals surface area contributed by atoms with Gasteiger partial charge in [-0.05, 0) is 62.3 Å². The molecule has 1 heterocycles. The molecule has 0 radical (unpaired) electrons. The number of carbonyl (C=O) groups excluding carboxylic acids is 1. The van der Waals surface area contributed by atoms with Crippen molar-refractivity contribution in [2.75, 3.05) is 6.61 Å². The summed E-state index contributed by atoms with van der Waals surface area (Å²) in [4.78, 5) is 12.7. The zero-order valence-corrected chi connectivity index (χ0v) is 20.2. The van der Waals surface area contributed by atoms with Gasteiger partial charge >= 0.3 is 5.97 Å². The fourth-order valence-electron chi connectivity index (χ4n) is 3.00. The molecule has 0 saturated carbocycles. The SMILES string of the molecule is C[SiH](C)[C@@]1(O)C(=O)O[C@H]([C@H](COC(C)(C)C)OC(C)(C)C)[C@@H]1OC(C)(C)C. The lowest BCUT2D eigenvalue weighted by Gasteiger charge is -2.39. The maximum atomic E-state index is 12.7. The molecule has 0 aliphatic carbocycles. The average Bonchev–Trinajstić information content (AvgIpc) is 2.65. The molecule has 4 atom stereocenters. The lowest BCUT2D eigenvalue weighted by molar-refractivity contribution is -0.194. The number of carbonyl (C=O) groups is 1. The average molecular weight is 405 g/mol. The largest absolute Gasteiger partial charge is 0.455 e. The monoisotopic (exact) mass is 404 g/mol. The summed E-state index contributed by atoms with van der Waals surface area (Å²) in [5.41, 5.74) is -1.39. The minimum Gasteiger partial charge on any atom is -0.455 e. The first-order valence-electron chi connectivity index (χ1n) is 9.80. The number of hydrogen-bond donors (Lipinski definition) is 1. The van der Waals surface area contributed by atoms with Crippen LogP contribution in [0.3, 0.4) is 0 Å². The third-order valence-corrected chi connectivity index (χ3v) is 6.54. The summed E-state index contributed by atoms with van der Waals surface area (Å²) in [6, 6.07) is 0. The molecule has 1 aliphatic rings. The summed E-state index contributed by atoms with van der Waals surface area (Å²) in [6.07, 6.45) is -2.09. The first-order chi connectivity index (χ1) is 11.9. The fraction of sp³-hybridized carbons (Fsp3) is 0.950. The second-order valence-corrected chi connectivity index (χ2v) is 13.9. The molecule has 7 heteroatoms. The van der Waals surface area contributed by atoms with Gasteiger partial charge in [0.25, 0.3) is 0 Å². The van der Waals surface area contributed by atoms with E-state index in [0.717, 1.165) is 0 Å². The normalized spacial score (nSPS) is 28.6. The van der Waals surface area contributed by atoms with Gasteiger partial charge in [0.2, 0.25) is 0 Å². The summed E-state index contributed by atoms with van der Waals surface area (Å²) >= 11 is 0. The molecule has 160 valence electrons. The first kappa shape index (κ1) is 24.6. The number of ether oxygens (including phenoxy) is 4. The number of cyclic esters (lactones) is 1. The van der Waals surface area contributed by atoms with Crippen LogP contribution in [0, 0.1) is 0 Å². The van der Waals surface area contributed by atoms with Crippen molar-refractivity contribution in [1.82, 2.24) is 0 Å². The van der Waals surface area contributed by atoms with Crippen LogP contribution in [0.15, 0.2) is 0 Å². The zero-order valence-electron chi connectivity index (χ0n) is 19.0. The van der Waals surface area contributed by atoms with Crippen molar-refractivity contribution in [3.8, 4) is 0 Å². The van der Waals surface area contributed by atoms with Gasteiger partial charge in [0.15, 0.2) is 11.3 Å². The van der Waals surface area contributed by atoms with Crippen LogP contribution in [0.4, 0.5) is 0 Å². The summed E-state index contributed by atoms with van der Waals surface area (Å²) < 4.78 is 24.0. The predicted octanol–water partition coefficient (Wildman–Crippen LogP) is 2.85. The topological polar surface area (TPSA) is 74.2 Å². The molecule has 27 heavy (non-hydrogen) atoms. The van der Waals surface area contributed by atoms with Crippen molar-refractivity contribution >= 4 is 14.8 Å². The van der Waals surface area contributed by atoms with E-state index >= 15 is 0 Å². The maximum absolute atomic E-state index is 12.7.